The van der Waals surface area contributed by atoms with Crippen molar-refractivity contribution >= 4 is 17.6 Å². The predicted molar refractivity (Wildman–Crippen MR) is 82.0 cm³/mol. The lowest BCUT2D eigenvalue weighted by atomic mass is 10.2. The third-order valence-corrected chi connectivity index (χ3v) is 2.85. The Kier molecular flexibility index (Phi) is 6.44. The molecule has 0 atom stereocenters. The number of nitrogens with zero attached hydrogens (tertiary/aromatic N) is 2. The fraction of sp³-hybridized carbons (Fsp3) is 0.375. The van der Waals surface area contributed by atoms with Gasteiger partial charge in [-0.25, -0.2) is 0 Å². The van der Waals surface area contributed by atoms with Crippen LogP contribution in [-0.4, -0.2) is 47.6 Å². The van der Waals surface area contributed by atoms with Crippen LogP contribution >= 0.6 is 0 Å². The van der Waals surface area contributed by atoms with Gasteiger partial charge in [-0.3, -0.25) is 14.5 Å². The molecule has 5 nitrogen and oxygen atoms in total. The number of terminal acetylenes is 1. The molecule has 0 aliphatic carbocycles. The molecule has 0 bridgehead atoms. The van der Waals surface area contributed by atoms with Crippen LogP contribution in [0.25, 0.3) is 0 Å². The molecule has 0 unspecified atom stereocenters. The van der Waals surface area contributed by atoms with E-state index in [1.165, 1.54) is 4.90 Å². The minimum Gasteiger partial charge on any atom is -0.480 e. The Morgan fingerprint density at radius 3 is 2.33 bits per heavy atom. The fourth-order valence-electron chi connectivity index (χ4n) is 2.07. The van der Waals surface area contributed by atoms with Crippen LogP contribution in [0, 0.1) is 12.3 Å². The number of carbonyl (C=O) groups excluding carboxylic acids is 1. The molecule has 0 aromatic heterocycles. The Labute approximate surface area is 125 Å². The van der Waals surface area contributed by atoms with E-state index in [1.807, 2.05) is 44.2 Å². The highest BCUT2D eigenvalue weighted by Crippen LogP contribution is 2.16. The van der Waals surface area contributed by atoms with Gasteiger partial charge >= 0.3 is 5.97 Å². The van der Waals surface area contributed by atoms with Crippen molar-refractivity contribution in [1.82, 2.24) is 4.90 Å². The van der Waals surface area contributed by atoms with Crippen molar-refractivity contribution in [3.63, 3.8) is 0 Å². The quantitative estimate of drug-likeness (QED) is 0.771. The molecular formula is C16H20N2O3. The number of rotatable bonds is 7. The molecule has 112 valence electrons. The average molecular weight is 288 g/mol. The Bertz CT molecular complexity index is 520. The van der Waals surface area contributed by atoms with E-state index >= 15 is 0 Å². The summed E-state index contributed by atoms with van der Waals surface area (Å²) in [6.45, 7) is 3.67. The van der Waals surface area contributed by atoms with E-state index in [1.54, 1.807) is 4.90 Å². The molecule has 1 aromatic carbocycles. The van der Waals surface area contributed by atoms with E-state index in [4.69, 9.17) is 11.5 Å². The number of anilines is 1. The summed E-state index contributed by atoms with van der Waals surface area (Å²) in [6.07, 6.45) is 5.22. The normalized spacial score (nSPS) is 10.4. The molecule has 5 heteroatoms. The topological polar surface area (TPSA) is 60.9 Å². The minimum atomic E-state index is -1.01. The number of aliphatic carboxylic acids is 1. The number of hydrogen-bond acceptors (Lipinski definition) is 3. The standard InChI is InChI=1S/C16H20N2O3/c1-4-10-17(12-16(20)21)11-15(19)18(13(2)3)14-8-6-5-7-9-14/h1,5-9,13H,10-12H2,2-3H3,(H,20,21). The third kappa shape index (κ3) is 5.28. The zero-order valence-electron chi connectivity index (χ0n) is 12.3. The van der Waals surface area contributed by atoms with Crippen molar-refractivity contribution in [2.24, 2.45) is 0 Å². The second kappa shape index (κ2) is 8.08. The highest BCUT2D eigenvalue weighted by molar-refractivity contribution is 5.95. The lowest BCUT2D eigenvalue weighted by Gasteiger charge is -2.29. The maximum Gasteiger partial charge on any atom is 0.317 e. The van der Waals surface area contributed by atoms with Crippen molar-refractivity contribution in [2.45, 2.75) is 19.9 Å². The molecule has 0 heterocycles. The Hall–Kier alpha value is -2.32. The molecule has 21 heavy (non-hydrogen) atoms. The predicted octanol–water partition coefficient (Wildman–Crippen LogP) is 1.45. The molecule has 0 fully saturated rings. The Balaban J connectivity index is 2.86. The first-order valence-corrected chi connectivity index (χ1v) is 6.70. The molecule has 0 saturated carbocycles. The van der Waals surface area contributed by atoms with E-state index in [0.717, 1.165) is 5.69 Å². The molecule has 1 amide bonds. The molecule has 0 aliphatic heterocycles. The number of para-hydroxylation sites is 1. The van der Waals surface area contributed by atoms with E-state index in [0.29, 0.717) is 0 Å². The Morgan fingerprint density at radius 1 is 1.24 bits per heavy atom. The summed E-state index contributed by atoms with van der Waals surface area (Å²) in [6, 6.07) is 9.25. The number of amides is 1. The first-order valence-electron chi connectivity index (χ1n) is 6.70. The first kappa shape index (κ1) is 16.7. The lowest BCUT2D eigenvalue weighted by molar-refractivity contribution is -0.138. The van der Waals surface area contributed by atoms with Gasteiger partial charge in [0.2, 0.25) is 5.91 Å². The van der Waals surface area contributed by atoms with E-state index < -0.39 is 5.97 Å². The van der Waals surface area contributed by atoms with Gasteiger partial charge < -0.3 is 10.0 Å². The van der Waals surface area contributed by atoms with Crippen LogP contribution in [0.1, 0.15) is 13.8 Å². The van der Waals surface area contributed by atoms with Crippen LogP contribution in [0.15, 0.2) is 30.3 Å². The summed E-state index contributed by atoms with van der Waals surface area (Å²) in [4.78, 5) is 26.4. The average Bonchev–Trinajstić information content (AvgIpc) is 2.39. The second-order valence-corrected chi connectivity index (χ2v) is 4.94. The van der Waals surface area contributed by atoms with E-state index in [2.05, 4.69) is 5.92 Å². The van der Waals surface area contributed by atoms with Crippen molar-refractivity contribution in [1.29, 1.82) is 0 Å². The van der Waals surface area contributed by atoms with Crippen molar-refractivity contribution in [3.05, 3.63) is 30.3 Å². The molecule has 0 radical (unpaired) electrons. The van der Waals surface area contributed by atoms with Crippen LogP contribution < -0.4 is 4.90 Å². The summed E-state index contributed by atoms with van der Waals surface area (Å²) >= 11 is 0. The van der Waals surface area contributed by atoms with Crippen molar-refractivity contribution in [3.8, 4) is 12.3 Å². The van der Waals surface area contributed by atoms with Gasteiger partial charge in [0.1, 0.15) is 0 Å². The monoisotopic (exact) mass is 288 g/mol. The summed E-state index contributed by atoms with van der Waals surface area (Å²) in [7, 11) is 0. The van der Waals surface area contributed by atoms with Gasteiger partial charge in [-0.2, -0.15) is 0 Å². The van der Waals surface area contributed by atoms with Crippen LogP contribution in [0.4, 0.5) is 5.69 Å². The molecular weight excluding hydrogens is 268 g/mol. The largest absolute Gasteiger partial charge is 0.480 e. The zero-order chi connectivity index (χ0) is 15.8. The Morgan fingerprint density at radius 2 is 1.86 bits per heavy atom. The number of hydrogen-bond donors (Lipinski definition) is 1. The van der Waals surface area contributed by atoms with Crippen molar-refractivity contribution < 1.29 is 14.7 Å². The molecule has 0 aliphatic rings. The molecule has 0 saturated heterocycles. The maximum absolute atomic E-state index is 12.5. The van der Waals surface area contributed by atoms with Gasteiger partial charge in [-0.05, 0) is 26.0 Å². The number of carboxylic acids is 1. The first-order chi connectivity index (χ1) is 9.95. The summed E-state index contributed by atoms with van der Waals surface area (Å²) in [5.74, 6) is 1.20. The van der Waals surface area contributed by atoms with Gasteiger partial charge in [0.25, 0.3) is 0 Å². The number of benzene rings is 1. The summed E-state index contributed by atoms with van der Waals surface area (Å²) in [5.41, 5.74) is 0.786. The van der Waals surface area contributed by atoms with Gasteiger partial charge in [-0.1, -0.05) is 24.1 Å². The summed E-state index contributed by atoms with van der Waals surface area (Å²) < 4.78 is 0. The highest BCUT2D eigenvalue weighted by Gasteiger charge is 2.22. The van der Waals surface area contributed by atoms with Gasteiger partial charge in [0.05, 0.1) is 19.6 Å². The molecule has 1 aromatic rings. The van der Waals surface area contributed by atoms with Crippen LogP contribution in [0.2, 0.25) is 0 Å². The van der Waals surface area contributed by atoms with Gasteiger partial charge in [-0.15, -0.1) is 6.42 Å². The van der Waals surface area contributed by atoms with E-state index in [9.17, 15) is 9.59 Å². The minimum absolute atomic E-state index is 0.0242. The van der Waals surface area contributed by atoms with Gasteiger partial charge in [0, 0.05) is 11.7 Å². The van der Waals surface area contributed by atoms with E-state index in [-0.39, 0.29) is 31.6 Å². The van der Waals surface area contributed by atoms with Crippen LogP contribution in [-0.2, 0) is 9.59 Å². The summed E-state index contributed by atoms with van der Waals surface area (Å²) in [5, 5.41) is 8.85. The molecule has 0 spiro atoms. The number of carbonyl (C=O) groups is 2. The maximum atomic E-state index is 12.5. The lowest BCUT2D eigenvalue weighted by Crippen LogP contribution is -2.45. The highest BCUT2D eigenvalue weighted by atomic mass is 16.4. The molecule has 1 rings (SSSR count). The molecule has 1 N–H and O–H groups in total. The van der Waals surface area contributed by atoms with Crippen LogP contribution in [0.3, 0.4) is 0 Å². The van der Waals surface area contributed by atoms with Crippen molar-refractivity contribution in [2.75, 3.05) is 24.5 Å². The SMILES string of the molecule is C#CCN(CC(=O)O)CC(=O)N(c1ccccc1)C(C)C. The zero-order valence-corrected chi connectivity index (χ0v) is 12.3. The third-order valence-electron chi connectivity index (χ3n) is 2.85. The fourth-order valence-corrected chi connectivity index (χ4v) is 2.07. The number of carboxylic acid groups (broad SMARTS) is 1. The van der Waals surface area contributed by atoms with Crippen LogP contribution in [0.5, 0.6) is 0 Å². The second-order valence-electron chi connectivity index (χ2n) is 4.94. The van der Waals surface area contributed by atoms with Gasteiger partial charge in [0.15, 0.2) is 0 Å². The smallest absolute Gasteiger partial charge is 0.317 e.